The molecule has 1 fully saturated rings. The van der Waals surface area contributed by atoms with Gasteiger partial charge in [0.05, 0.1) is 30.2 Å². The van der Waals surface area contributed by atoms with E-state index in [0.717, 1.165) is 22.2 Å². The molecule has 1 aliphatic heterocycles. The number of methoxy groups -OCH3 is 2. The maximum atomic E-state index is 12.9. The quantitative estimate of drug-likeness (QED) is 0.425. The second-order valence-corrected chi connectivity index (χ2v) is 8.25. The molecule has 0 aliphatic carbocycles. The molecule has 0 saturated carbocycles. The minimum Gasteiger partial charge on any atom is -0.493 e. The number of hydrogen-bond acceptors (Lipinski definition) is 7. The number of fused-ring (bicyclic) bond motifs is 1. The molecule has 8 heteroatoms. The van der Waals surface area contributed by atoms with E-state index >= 15 is 0 Å². The molecule has 4 rings (SSSR count). The Labute approximate surface area is 183 Å². The van der Waals surface area contributed by atoms with Gasteiger partial charge in [-0.1, -0.05) is 36.1 Å². The lowest BCUT2D eigenvalue weighted by Crippen LogP contribution is -2.30. The minimum atomic E-state index is -0.0790. The van der Waals surface area contributed by atoms with Crippen molar-refractivity contribution in [2.75, 3.05) is 20.8 Å². The van der Waals surface area contributed by atoms with Crippen LogP contribution in [0.25, 0.3) is 17.1 Å². The second-order valence-electron chi connectivity index (χ2n) is 6.58. The fourth-order valence-corrected chi connectivity index (χ4v) is 4.50. The third-order valence-electron chi connectivity index (χ3n) is 4.74. The van der Waals surface area contributed by atoms with Gasteiger partial charge < -0.3 is 9.47 Å². The number of carbonyl (C=O) groups is 1. The van der Waals surface area contributed by atoms with Crippen molar-refractivity contribution < 1.29 is 14.3 Å². The lowest BCUT2D eigenvalue weighted by atomic mass is 10.1. The highest BCUT2D eigenvalue weighted by atomic mass is 32.2. The molecule has 1 aromatic heterocycles. The van der Waals surface area contributed by atoms with Crippen LogP contribution in [0.4, 0.5) is 0 Å². The second kappa shape index (κ2) is 8.81. The zero-order valence-electron chi connectivity index (χ0n) is 16.5. The summed E-state index contributed by atoms with van der Waals surface area (Å²) >= 11 is 6.77. The van der Waals surface area contributed by atoms with Crippen molar-refractivity contribution >= 4 is 51.3 Å². The number of nitrogens with zero attached hydrogens (tertiary/aromatic N) is 3. The number of ether oxygens (including phenoxy) is 2. The van der Waals surface area contributed by atoms with E-state index in [0.29, 0.717) is 33.7 Å². The van der Waals surface area contributed by atoms with E-state index < -0.39 is 0 Å². The summed E-state index contributed by atoms with van der Waals surface area (Å²) in [6.45, 7) is 0.501. The largest absolute Gasteiger partial charge is 0.493 e. The highest BCUT2D eigenvalue weighted by Gasteiger charge is 2.31. The predicted octanol–water partition coefficient (Wildman–Crippen LogP) is 4.09. The summed E-state index contributed by atoms with van der Waals surface area (Å²) in [5.41, 5.74) is 3.54. The molecule has 0 N–H and O–H groups in total. The normalized spacial score (nSPS) is 15.3. The first-order valence-electron chi connectivity index (χ1n) is 9.26. The van der Waals surface area contributed by atoms with Crippen LogP contribution in [0.15, 0.2) is 53.7 Å². The third-order valence-corrected chi connectivity index (χ3v) is 6.11. The molecule has 0 unspecified atom stereocenters. The van der Waals surface area contributed by atoms with Crippen molar-refractivity contribution in [3.8, 4) is 11.5 Å². The molecular formula is C22H19N3O3S2. The number of amides is 1. The Bertz CT molecular complexity index is 1160. The summed E-state index contributed by atoms with van der Waals surface area (Å²) < 4.78 is 11.2. The first kappa shape index (κ1) is 20.3. The molecular weight excluding hydrogens is 418 g/mol. The van der Waals surface area contributed by atoms with Gasteiger partial charge in [0.2, 0.25) is 0 Å². The van der Waals surface area contributed by atoms with Crippen molar-refractivity contribution in [3.63, 3.8) is 0 Å². The van der Waals surface area contributed by atoms with Gasteiger partial charge >= 0.3 is 0 Å². The van der Waals surface area contributed by atoms with Gasteiger partial charge in [0.25, 0.3) is 5.91 Å². The predicted molar refractivity (Wildman–Crippen MR) is 123 cm³/mol. The maximum Gasteiger partial charge on any atom is 0.266 e. The van der Waals surface area contributed by atoms with Gasteiger partial charge in [-0.25, -0.2) is 0 Å². The van der Waals surface area contributed by atoms with E-state index in [4.69, 9.17) is 21.7 Å². The number of rotatable bonds is 6. The van der Waals surface area contributed by atoms with E-state index in [2.05, 4.69) is 9.97 Å². The van der Waals surface area contributed by atoms with Crippen molar-refractivity contribution in [1.82, 2.24) is 14.9 Å². The summed E-state index contributed by atoms with van der Waals surface area (Å²) in [5, 5.41) is 0. The summed E-state index contributed by atoms with van der Waals surface area (Å²) in [6.07, 6.45) is 5.82. The lowest BCUT2D eigenvalue weighted by Gasteiger charge is -2.15. The van der Waals surface area contributed by atoms with E-state index in [9.17, 15) is 4.79 Å². The average Bonchev–Trinajstić information content (AvgIpc) is 3.04. The summed E-state index contributed by atoms with van der Waals surface area (Å²) in [7, 11) is 3.21. The Kier molecular flexibility index (Phi) is 5.96. The van der Waals surface area contributed by atoms with Gasteiger partial charge in [-0.3, -0.25) is 19.7 Å². The van der Waals surface area contributed by atoms with Crippen LogP contribution in [-0.4, -0.2) is 45.9 Å². The molecule has 0 bridgehead atoms. The summed E-state index contributed by atoms with van der Waals surface area (Å²) in [4.78, 5) is 23.7. The van der Waals surface area contributed by atoms with Crippen LogP contribution in [0.1, 0.15) is 11.1 Å². The van der Waals surface area contributed by atoms with Crippen molar-refractivity contribution in [2.24, 2.45) is 0 Å². The highest BCUT2D eigenvalue weighted by molar-refractivity contribution is 8.26. The standard InChI is InChI=1S/C22H19N3O3S2/c1-27-18-6-4-14(12-19(18)28-2)7-10-25-21(26)20(30-22(25)29)13-15-3-5-16-17(11-15)24-9-8-23-16/h3-6,8-9,11-13H,7,10H2,1-2H3/b20-13+. The Balaban J connectivity index is 1.49. The van der Waals surface area contributed by atoms with E-state index in [1.54, 1.807) is 31.5 Å². The molecule has 0 spiro atoms. The van der Waals surface area contributed by atoms with E-state index in [1.165, 1.54) is 11.8 Å². The SMILES string of the molecule is COc1ccc(CCN2C(=O)/C(=C\c3ccc4nccnc4c3)SC2=S)cc1OC. The zero-order chi connectivity index (χ0) is 21.1. The van der Waals surface area contributed by atoms with Gasteiger partial charge in [0.1, 0.15) is 4.32 Å². The Morgan fingerprint density at radius 1 is 1.03 bits per heavy atom. The fraction of sp³-hybridized carbons (Fsp3) is 0.182. The van der Waals surface area contributed by atoms with Gasteiger partial charge in [0.15, 0.2) is 11.5 Å². The summed E-state index contributed by atoms with van der Waals surface area (Å²) in [6, 6.07) is 11.5. The van der Waals surface area contributed by atoms with Gasteiger partial charge in [0, 0.05) is 18.9 Å². The van der Waals surface area contributed by atoms with E-state index in [1.807, 2.05) is 42.5 Å². The molecule has 0 atom stereocenters. The van der Waals surface area contributed by atoms with Gasteiger partial charge in [-0.2, -0.15) is 0 Å². The van der Waals surface area contributed by atoms with Crippen LogP contribution >= 0.6 is 24.0 Å². The lowest BCUT2D eigenvalue weighted by molar-refractivity contribution is -0.122. The number of hydrogen-bond donors (Lipinski definition) is 0. The fourth-order valence-electron chi connectivity index (χ4n) is 3.19. The topological polar surface area (TPSA) is 64.5 Å². The monoisotopic (exact) mass is 437 g/mol. The number of thiocarbonyl (C=S) groups is 1. The molecule has 1 saturated heterocycles. The molecule has 3 aromatic rings. The van der Waals surface area contributed by atoms with Crippen LogP contribution in [0, 0.1) is 0 Å². The van der Waals surface area contributed by atoms with Gasteiger partial charge in [-0.05, 0) is 47.9 Å². The smallest absolute Gasteiger partial charge is 0.266 e. The van der Waals surface area contributed by atoms with Crippen molar-refractivity contribution in [3.05, 3.63) is 64.8 Å². The number of carbonyl (C=O) groups excluding carboxylic acids is 1. The number of thioether (sulfide) groups is 1. The molecule has 152 valence electrons. The third kappa shape index (κ3) is 4.15. The molecule has 2 heterocycles. The Hall–Kier alpha value is -2.97. The first-order chi connectivity index (χ1) is 14.6. The zero-order valence-corrected chi connectivity index (χ0v) is 18.1. The molecule has 1 aliphatic rings. The van der Waals surface area contributed by atoms with Crippen LogP contribution in [0.2, 0.25) is 0 Å². The van der Waals surface area contributed by atoms with Crippen LogP contribution in [0.5, 0.6) is 11.5 Å². The van der Waals surface area contributed by atoms with Crippen LogP contribution < -0.4 is 9.47 Å². The molecule has 1 amide bonds. The van der Waals surface area contributed by atoms with Crippen molar-refractivity contribution in [2.45, 2.75) is 6.42 Å². The number of aromatic nitrogens is 2. The minimum absolute atomic E-state index is 0.0790. The molecule has 30 heavy (non-hydrogen) atoms. The molecule has 6 nitrogen and oxygen atoms in total. The van der Waals surface area contributed by atoms with E-state index in [-0.39, 0.29) is 5.91 Å². The first-order valence-corrected chi connectivity index (χ1v) is 10.5. The maximum absolute atomic E-state index is 12.9. The Morgan fingerprint density at radius 3 is 2.57 bits per heavy atom. The number of benzene rings is 2. The average molecular weight is 438 g/mol. The van der Waals surface area contributed by atoms with Crippen molar-refractivity contribution in [1.29, 1.82) is 0 Å². The molecule has 0 radical (unpaired) electrons. The van der Waals surface area contributed by atoms with Crippen LogP contribution in [-0.2, 0) is 11.2 Å². The Morgan fingerprint density at radius 2 is 1.80 bits per heavy atom. The highest BCUT2D eigenvalue weighted by Crippen LogP contribution is 2.33. The molecule has 2 aromatic carbocycles. The summed E-state index contributed by atoms with van der Waals surface area (Å²) in [5.74, 6) is 1.26. The van der Waals surface area contributed by atoms with Crippen LogP contribution in [0.3, 0.4) is 0 Å². The van der Waals surface area contributed by atoms with Gasteiger partial charge in [-0.15, -0.1) is 0 Å².